The normalized spacial score (nSPS) is 34.6. The first kappa shape index (κ1) is 16.0. The van der Waals surface area contributed by atoms with Crippen LogP contribution >= 0.6 is 0 Å². The lowest BCUT2D eigenvalue weighted by Crippen LogP contribution is -2.58. The smallest absolute Gasteiger partial charge is 0.329 e. The van der Waals surface area contributed by atoms with E-state index in [1.165, 1.54) is 0 Å². The van der Waals surface area contributed by atoms with Crippen LogP contribution in [-0.2, 0) is 25.7 Å². The van der Waals surface area contributed by atoms with Crippen LogP contribution in [0.2, 0.25) is 0 Å². The zero-order chi connectivity index (χ0) is 16.6. The quantitative estimate of drug-likeness (QED) is 0.772. The zero-order valence-electron chi connectivity index (χ0n) is 13.0. The Kier molecular flexibility index (Phi) is 4.12. The van der Waals surface area contributed by atoms with E-state index in [4.69, 9.17) is 15.2 Å². The minimum atomic E-state index is -1.53. The van der Waals surface area contributed by atoms with Gasteiger partial charge in [-0.25, -0.2) is 4.79 Å². The SMILES string of the molecule is CCOC(=O)[C@H]1[C@@H]2C[C@@H](O)[C@@](N)(C(=O)OCc3ccccc3)[C@@H]21. The third kappa shape index (κ3) is 2.62. The minimum Gasteiger partial charge on any atom is -0.466 e. The van der Waals surface area contributed by atoms with E-state index in [9.17, 15) is 14.7 Å². The number of nitrogens with two attached hydrogens (primary N) is 1. The molecule has 6 heteroatoms. The summed E-state index contributed by atoms with van der Waals surface area (Å²) >= 11 is 0. The number of benzene rings is 1. The molecule has 124 valence electrons. The molecule has 5 atom stereocenters. The molecule has 1 aromatic carbocycles. The molecular weight excluding hydrogens is 298 g/mol. The Morgan fingerprint density at radius 1 is 1.30 bits per heavy atom. The summed E-state index contributed by atoms with van der Waals surface area (Å²) in [6.45, 7) is 2.11. The Morgan fingerprint density at radius 3 is 2.65 bits per heavy atom. The third-order valence-electron chi connectivity index (χ3n) is 4.89. The third-order valence-corrected chi connectivity index (χ3v) is 4.89. The van der Waals surface area contributed by atoms with Crippen LogP contribution in [0.25, 0.3) is 0 Å². The second-order valence-electron chi connectivity index (χ2n) is 6.21. The van der Waals surface area contributed by atoms with Crippen LogP contribution in [-0.4, -0.2) is 35.3 Å². The fourth-order valence-electron chi connectivity index (χ4n) is 3.67. The van der Waals surface area contributed by atoms with Gasteiger partial charge in [-0.05, 0) is 24.8 Å². The second kappa shape index (κ2) is 5.94. The van der Waals surface area contributed by atoms with Crippen molar-refractivity contribution in [3.63, 3.8) is 0 Å². The molecule has 0 aliphatic heterocycles. The summed E-state index contributed by atoms with van der Waals surface area (Å²) < 4.78 is 10.3. The fourth-order valence-corrected chi connectivity index (χ4v) is 3.67. The van der Waals surface area contributed by atoms with Crippen LogP contribution in [0.3, 0.4) is 0 Å². The van der Waals surface area contributed by atoms with Gasteiger partial charge < -0.3 is 20.3 Å². The van der Waals surface area contributed by atoms with E-state index in [-0.39, 0.29) is 25.1 Å². The molecule has 0 heterocycles. The Morgan fingerprint density at radius 2 is 2.00 bits per heavy atom. The predicted molar refractivity (Wildman–Crippen MR) is 80.9 cm³/mol. The van der Waals surface area contributed by atoms with Crippen molar-refractivity contribution in [1.82, 2.24) is 0 Å². The fraction of sp³-hybridized carbons (Fsp3) is 0.529. The maximum absolute atomic E-state index is 12.5. The summed E-state index contributed by atoms with van der Waals surface area (Å²) in [4.78, 5) is 24.4. The van der Waals surface area contributed by atoms with Gasteiger partial charge in [-0.15, -0.1) is 0 Å². The van der Waals surface area contributed by atoms with E-state index in [2.05, 4.69) is 0 Å². The van der Waals surface area contributed by atoms with Gasteiger partial charge >= 0.3 is 11.9 Å². The van der Waals surface area contributed by atoms with Crippen molar-refractivity contribution in [2.45, 2.75) is 31.6 Å². The first-order valence-electron chi connectivity index (χ1n) is 7.84. The van der Waals surface area contributed by atoms with Gasteiger partial charge in [-0.3, -0.25) is 4.79 Å². The highest BCUT2D eigenvalue weighted by Crippen LogP contribution is 2.62. The van der Waals surface area contributed by atoms with Crippen LogP contribution in [0.5, 0.6) is 0 Å². The molecule has 0 amide bonds. The maximum Gasteiger partial charge on any atom is 0.329 e. The number of carbonyl (C=O) groups is 2. The lowest BCUT2D eigenvalue weighted by atomic mass is 9.89. The molecule has 3 N–H and O–H groups in total. The number of aliphatic hydroxyl groups excluding tert-OH is 1. The van der Waals surface area contributed by atoms with Gasteiger partial charge in [0.15, 0.2) is 0 Å². The molecule has 2 saturated carbocycles. The van der Waals surface area contributed by atoms with Gasteiger partial charge in [-0.2, -0.15) is 0 Å². The highest BCUT2D eigenvalue weighted by Gasteiger charge is 2.74. The molecule has 1 aromatic rings. The molecule has 0 saturated heterocycles. The Hall–Kier alpha value is -1.92. The van der Waals surface area contributed by atoms with Gasteiger partial charge in [0, 0.05) is 5.92 Å². The number of hydrogen-bond donors (Lipinski definition) is 2. The summed E-state index contributed by atoms with van der Waals surface area (Å²) in [5.74, 6) is -1.92. The van der Waals surface area contributed by atoms with Crippen LogP contribution in [0.4, 0.5) is 0 Å². The molecule has 2 fully saturated rings. The van der Waals surface area contributed by atoms with Crippen molar-refractivity contribution >= 4 is 11.9 Å². The van der Waals surface area contributed by atoms with Crippen molar-refractivity contribution in [2.24, 2.45) is 23.5 Å². The summed E-state index contributed by atoms with van der Waals surface area (Å²) in [5, 5.41) is 10.2. The molecule has 0 unspecified atom stereocenters. The molecule has 3 rings (SSSR count). The number of carbonyl (C=O) groups excluding carboxylic acids is 2. The Bertz CT molecular complexity index is 604. The molecule has 2 aliphatic carbocycles. The zero-order valence-corrected chi connectivity index (χ0v) is 13.0. The first-order valence-corrected chi connectivity index (χ1v) is 7.84. The number of hydrogen-bond acceptors (Lipinski definition) is 6. The molecular formula is C17H21NO5. The van der Waals surface area contributed by atoms with Crippen molar-refractivity contribution in [3.05, 3.63) is 35.9 Å². The van der Waals surface area contributed by atoms with E-state index >= 15 is 0 Å². The van der Waals surface area contributed by atoms with Crippen LogP contribution in [0.1, 0.15) is 18.9 Å². The average molecular weight is 319 g/mol. The van der Waals surface area contributed by atoms with Crippen molar-refractivity contribution in [3.8, 4) is 0 Å². The largest absolute Gasteiger partial charge is 0.466 e. The van der Waals surface area contributed by atoms with E-state index in [0.717, 1.165) is 5.56 Å². The summed E-state index contributed by atoms with van der Waals surface area (Å²) in [5.41, 5.74) is 5.50. The number of fused-ring (bicyclic) bond motifs is 1. The van der Waals surface area contributed by atoms with Gasteiger partial charge in [0.05, 0.1) is 18.6 Å². The summed E-state index contributed by atoms with van der Waals surface area (Å²) in [6, 6.07) is 9.24. The van der Waals surface area contributed by atoms with Gasteiger partial charge in [0.2, 0.25) is 0 Å². The maximum atomic E-state index is 12.5. The van der Waals surface area contributed by atoms with Crippen LogP contribution in [0, 0.1) is 17.8 Å². The second-order valence-corrected chi connectivity index (χ2v) is 6.21. The molecule has 0 aromatic heterocycles. The van der Waals surface area contributed by atoms with E-state index in [1.54, 1.807) is 6.92 Å². The van der Waals surface area contributed by atoms with Crippen molar-refractivity contribution in [2.75, 3.05) is 6.61 Å². The molecule has 23 heavy (non-hydrogen) atoms. The molecule has 2 aliphatic rings. The molecule has 0 spiro atoms. The topological polar surface area (TPSA) is 98.9 Å². The highest BCUT2D eigenvalue weighted by atomic mass is 16.5. The Labute approximate surface area is 134 Å². The summed E-state index contributed by atoms with van der Waals surface area (Å²) in [6.07, 6.45) is -0.670. The van der Waals surface area contributed by atoms with E-state index in [1.807, 2.05) is 30.3 Å². The van der Waals surface area contributed by atoms with Crippen molar-refractivity contribution < 1.29 is 24.2 Å². The standard InChI is InChI=1S/C17H21NO5/c1-2-22-15(20)13-11-8-12(19)17(18,14(11)13)16(21)23-9-10-6-4-3-5-7-10/h3-7,11-14,19H,2,8-9,18H2,1H3/t11-,12+,13-,14-,17-/m0/s1. The number of ether oxygens (including phenoxy) is 2. The number of aliphatic hydroxyl groups is 1. The lowest BCUT2D eigenvalue weighted by molar-refractivity contribution is -0.157. The first-order chi connectivity index (χ1) is 11.0. The van der Waals surface area contributed by atoms with Crippen LogP contribution < -0.4 is 5.73 Å². The number of esters is 2. The number of rotatable bonds is 5. The average Bonchev–Trinajstić information content (AvgIpc) is 3.20. The monoisotopic (exact) mass is 319 g/mol. The lowest BCUT2D eigenvalue weighted by Gasteiger charge is -2.29. The predicted octanol–water partition coefficient (Wildman–Crippen LogP) is 0.617. The molecule has 0 radical (unpaired) electrons. The van der Waals surface area contributed by atoms with Gasteiger partial charge in [-0.1, -0.05) is 30.3 Å². The van der Waals surface area contributed by atoms with E-state index < -0.39 is 29.4 Å². The van der Waals surface area contributed by atoms with Gasteiger partial charge in [0.1, 0.15) is 12.1 Å². The van der Waals surface area contributed by atoms with Gasteiger partial charge in [0.25, 0.3) is 0 Å². The highest BCUT2D eigenvalue weighted by molar-refractivity contribution is 5.87. The minimum absolute atomic E-state index is 0.0901. The molecule has 6 nitrogen and oxygen atoms in total. The molecule has 0 bridgehead atoms. The van der Waals surface area contributed by atoms with Crippen LogP contribution in [0.15, 0.2) is 30.3 Å². The Balaban J connectivity index is 1.67. The summed E-state index contributed by atoms with van der Waals surface area (Å²) in [7, 11) is 0. The van der Waals surface area contributed by atoms with Crippen molar-refractivity contribution in [1.29, 1.82) is 0 Å². The van der Waals surface area contributed by atoms with E-state index in [0.29, 0.717) is 6.42 Å².